The summed E-state index contributed by atoms with van der Waals surface area (Å²) in [5.41, 5.74) is 5.78. The second-order valence-electron chi connectivity index (χ2n) is 7.83. The van der Waals surface area contributed by atoms with Gasteiger partial charge in [-0.2, -0.15) is 5.10 Å². The predicted molar refractivity (Wildman–Crippen MR) is 116 cm³/mol. The number of amides is 1. The topological polar surface area (TPSA) is 50.2 Å². The number of aromatic nitrogens is 2. The standard InChI is InChI=1S/C24H28N4O/c1-17-9-10-19(15-18(17)2)23-22(16-28(26-23)21-7-5-4-6-8-21)24(29)27-13-11-20(25-3)12-14-27/h4-10,15-16,20,25H,11-14H2,1-3H3. The molecule has 2 aromatic carbocycles. The van der Waals surface area contributed by atoms with E-state index in [0.717, 1.165) is 42.9 Å². The molecule has 29 heavy (non-hydrogen) atoms. The fraction of sp³-hybridized carbons (Fsp3) is 0.333. The van der Waals surface area contributed by atoms with Gasteiger partial charge in [0.15, 0.2) is 0 Å². The molecule has 1 N–H and O–H groups in total. The van der Waals surface area contributed by atoms with Crippen molar-refractivity contribution in [1.82, 2.24) is 20.0 Å². The summed E-state index contributed by atoms with van der Waals surface area (Å²) in [5.74, 6) is 0.0648. The van der Waals surface area contributed by atoms with E-state index >= 15 is 0 Å². The van der Waals surface area contributed by atoms with Gasteiger partial charge in [0, 0.05) is 30.9 Å². The van der Waals surface area contributed by atoms with Gasteiger partial charge in [-0.15, -0.1) is 0 Å². The Morgan fingerprint density at radius 1 is 1.03 bits per heavy atom. The Bertz CT molecular complexity index is 1000. The number of carbonyl (C=O) groups is 1. The number of hydrogen-bond acceptors (Lipinski definition) is 3. The Labute approximate surface area is 172 Å². The molecule has 1 saturated heterocycles. The van der Waals surface area contributed by atoms with E-state index in [1.807, 2.05) is 53.2 Å². The zero-order valence-corrected chi connectivity index (χ0v) is 17.4. The monoisotopic (exact) mass is 388 g/mol. The van der Waals surface area contributed by atoms with Crippen molar-refractivity contribution in [3.63, 3.8) is 0 Å². The molecule has 0 spiro atoms. The molecule has 2 heterocycles. The third-order valence-electron chi connectivity index (χ3n) is 5.94. The first-order valence-electron chi connectivity index (χ1n) is 10.3. The molecule has 3 aromatic rings. The van der Waals surface area contributed by atoms with Crippen LogP contribution in [0.3, 0.4) is 0 Å². The average molecular weight is 389 g/mol. The smallest absolute Gasteiger partial charge is 0.257 e. The molecular formula is C24H28N4O. The molecule has 1 aliphatic heterocycles. The van der Waals surface area contributed by atoms with Crippen LogP contribution >= 0.6 is 0 Å². The maximum absolute atomic E-state index is 13.4. The molecular weight excluding hydrogens is 360 g/mol. The first-order valence-corrected chi connectivity index (χ1v) is 10.3. The first-order chi connectivity index (χ1) is 14.1. The molecule has 0 bridgehead atoms. The molecule has 1 aromatic heterocycles. The van der Waals surface area contributed by atoms with Gasteiger partial charge in [-0.3, -0.25) is 4.79 Å². The van der Waals surface area contributed by atoms with Gasteiger partial charge >= 0.3 is 0 Å². The number of nitrogens with zero attached hydrogens (tertiary/aromatic N) is 3. The van der Waals surface area contributed by atoms with Gasteiger partial charge in [0.05, 0.1) is 11.3 Å². The molecule has 1 aliphatic rings. The molecule has 1 amide bonds. The maximum Gasteiger partial charge on any atom is 0.257 e. The number of para-hydroxylation sites is 1. The Kier molecular flexibility index (Phi) is 5.49. The molecule has 4 rings (SSSR count). The van der Waals surface area contributed by atoms with Gasteiger partial charge in [0.1, 0.15) is 5.69 Å². The van der Waals surface area contributed by atoms with E-state index in [0.29, 0.717) is 11.6 Å². The SMILES string of the molecule is CNC1CCN(C(=O)c2cn(-c3ccccc3)nc2-c2ccc(C)c(C)c2)CC1. The van der Waals surface area contributed by atoms with Crippen molar-refractivity contribution in [2.24, 2.45) is 0 Å². The minimum absolute atomic E-state index is 0.0648. The van der Waals surface area contributed by atoms with Gasteiger partial charge < -0.3 is 10.2 Å². The first kappa shape index (κ1) is 19.4. The van der Waals surface area contributed by atoms with E-state index in [1.165, 1.54) is 11.1 Å². The largest absolute Gasteiger partial charge is 0.338 e. The van der Waals surface area contributed by atoms with Gasteiger partial charge in [-0.25, -0.2) is 4.68 Å². The summed E-state index contributed by atoms with van der Waals surface area (Å²) in [6, 6.07) is 16.7. The number of carbonyl (C=O) groups excluding carboxylic acids is 1. The van der Waals surface area contributed by atoms with E-state index < -0.39 is 0 Å². The van der Waals surface area contributed by atoms with Gasteiger partial charge in [-0.05, 0) is 63.1 Å². The molecule has 1 fully saturated rings. The van der Waals surface area contributed by atoms with Crippen LogP contribution in [0.25, 0.3) is 16.9 Å². The lowest BCUT2D eigenvalue weighted by molar-refractivity contribution is 0.0708. The molecule has 0 aliphatic carbocycles. The van der Waals surface area contributed by atoms with Crippen LogP contribution in [0.1, 0.15) is 34.3 Å². The summed E-state index contributed by atoms with van der Waals surface area (Å²) in [6.07, 6.45) is 3.84. The quantitative estimate of drug-likeness (QED) is 0.735. The fourth-order valence-electron chi connectivity index (χ4n) is 3.89. The number of hydrogen-bond donors (Lipinski definition) is 1. The third kappa shape index (κ3) is 3.96. The zero-order valence-electron chi connectivity index (χ0n) is 17.4. The number of rotatable bonds is 4. The molecule has 5 heteroatoms. The van der Waals surface area contributed by atoms with Crippen LogP contribution < -0.4 is 5.32 Å². The van der Waals surface area contributed by atoms with Crippen LogP contribution in [-0.2, 0) is 0 Å². The van der Waals surface area contributed by atoms with Crippen LogP contribution in [0.5, 0.6) is 0 Å². The second kappa shape index (κ2) is 8.21. The fourth-order valence-corrected chi connectivity index (χ4v) is 3.89. The lowest BCUT2D eigenvalue weighted by atomic mass is 10.0. The third-order valence-corrected chi connectivity index (χ3v) is 5.94. The van der Waals surface area contributed by atoms with E-state index in [2.05, 4.69) is 37.4 Å². The van der Waals surface area contributed by atoms with Crippen molar-refractivity contribution in [3.8, 4) is 16.9 Å². The van der Waals surface area contributed by atoms with E-state index in [4.69, 9.17) is 5.10 Å². The minimum Gasteiger partial charge on any atom is -0.338 e. The minimum atomic E-state index is 0.0648. The normalized spacial score (nSPS) is 14.9. The Hall–Kier alpha value is -2.92. The summed E-state index contributed by atoms with van der Waals surface area (Å²) >= 11 is 0. The molecule has 0 saturated carbocycles. The lowest BCUT2D eigenvalue weighted by Gasteiger charge is -2.31. The van der Waals surface area contributed by atoms with Crippen LogP contribution in [-0.4, -0.2) is 46.8 Å². The van der Waals surface area contributed by atoms with Crippen molar-refractivity contribution in [1.29, 1.82) is 0 Å². The summed E-state index contributed by atoms with van der Waals surface area (Å²) in [5, 5.41) is 8.15. The Morgan fingerprint density at radius 2 is 1.76 bits per heavy atom. The number of aryl methyl sites for hydroxylation is 2. The summed E-state index contributed by atoms with van der Waals surface area (Å²) < 4.78 is 1.82. The van der Waals surface area contributed by atoms with Gasteiger partial charge in [0.2, 0.25) is 0 Å². The van der Waals surface area contributed by atoms with E-state index in [9.17, 15) is 4.79 Å². The highest BCUT2D eigenvalue weighted by atomic mass is 16.2. The highest BCUT2D eigenvalue weighted by Gasteiger charge is 2.27. The summed E-state index contributed by atoms with van der Waals surface area (Å²) in [4.78, 5) is 15.4. The van der Waals surface area contributed by atoms with Gasteiger partial charge in [-0.1, -0.05) is 30.3 Å². The second-order valence-corrected chi connectivity index (χ2v) is 7.83. The Balaban J connectivity index is 1.74. The van der Waals surface area contributed by atoms with Crippen LogP contribution in [0.15, 0.2) is 54.7 Å². The number of likely N-dealkylation sites (tertiary alicyclic amines) is 1. The molecule has 0 radical (unpaired) electrons. The highest BCUT2D eigenvalue weighted by molar-refractivity contribution is 6.00. The highest BCUT2D eigenvalue weighted by Crippen LogP contribution is 2.27. The average Bonchev–Trinajstić information content (AvgIpc) is 3.21. The molecule has 5 nitrogen and oxygen atoms in total. The van der Waals surface area contributed by atoms with Crippen molar-refractivity contribution >= 4 is 5.91 Å². The zero-order chi connectivity index (χ0) is 20.4. The number of nitrogens with one attached hydrogen (secondary N) is 1. The number of piperidine rings is 1. The molecule has 150 valence electrons. The van der Waals surface area contributed by atoms with Crippen LogP contribution in [0, 0.1) is 13.8 Å². The van der Waals surface area contributed by atoms with Crippen molar-refractivity contribution in [2.75, 3.05) is 20.1 Å². The maximum atomic E-state index is 13.4. The molecule has 0 atom stereocenters. The van der Waals surface area contributed by atoms with E-state index in [-0.39, 0.29) is 5.91 Å². The predicted octanol–water partition coefficient (Wildman–Crippen LogP) is 3.98. The van der Waals surface area contributed by atoms with Crippen molar-refractivity contribution < 1.29 is 4.79 Å². The van der Waals surface area contributed by atoms with E-state index in [1.54, 1.807) is 0 Å². The summed E-state index contributed by atoms with van der Waals surface area (Å²) in [7, 11) is 1.99. The lowest BCUT2D eigenvalue weighted by Crippen LogP contribution is -2.44. The summed E-state index contributed by atoms with van der Waals surface area (Å²) in [6.45, 7) is 5.73. The van der Waals surface area contributed by atoms with Crippen molar-refractivity contribution in [3.05, 3.63) is 71.4 Å². The molecule has 0 unspecified atom stereocenters. The Morgan fingerprint density at radius 3 is 2.41 bits per heavy atom. The number of benzene rings is 2. The van der Waals surface area contributed by atoms with Crippen molar-refractivity contribution in [2.45, 2.75) is 32.7 Å². The van der Waals surface area contributed by atoms with Crippen LogP contribution in [0.2, 0.25) is 0 Å². The van der Waals surface area contributed by atoms with Gasteiger partial charge in [0.25, 0.3) is 5.91 Å². The van der Waals surface area contributed by atoms with Crippen LogP contribution in [0.4, 0.5) is 0 Å².